The van der Waals surface area contributed by atoms with E-state index in [2.05, 4.69) is 12.1 Å². The summed E-state index contributed by atoms with van der Waals surface area (Å²) < 4.78 is 5.60. The zero-order valence-corrected chi connectivity index (χ0v) is 15.2. The third-order valence-electron chi connectivity index (χ3n) is 5.03. The predicted molar refractivity (Wildman–Crippen MR) is 95.8 cm³/mol. The van der Waals surface area contributed by atoms with Crippen LogP contribution < -0.4 is 0 Å². The Labute approximate surface area is 145 Å². The molecule has 0 N–H and O–H groups in total. The summed E-state index contributed by atoms with van der Waals surface area (Å²) in [5, 5.41) is 0. The van der Waals surface area contributed by atoms with Gasteiger partial charge in [-0.1, -0.05) is 43.2 Å². The Balaban J connectivity index is 2.17. The van der Waals surface area contributed by atoms with Crippen molar-refractivity contribution in [3.8, 4) is 0 Å². The van der Waals surface area contributed by atoms with Crippen LogP contribution in [0.4, 0.5) is 0 Å². The maximum absolute atomic E-state index is 12.5. The number of carbonyl (C=O) groups excluding carboxylic acids is 2. The van der Waals surface area contributed by atoms with Gasteiger partial charge in [-0.25, -0.2) is 0 Å². The van der Waals surface area contributed by atoms with Crippen LogP contribution in [0.25, 0.3) is 0 Å². The van der Waals surface area contributed by atoms with Gasteiger partial charge in [0.2, 0.25) is 0 Å². The lowest BCUT2D eigenvalue weighted by molar-refractivity contribution is -0.160. The highest BCUT2D eigenvalue weighted by Gasteiger charge is 2.35. The fraction of sp³-hybridized carbons (Fsp3) is 0.619. The molecule has 0 heterocycles. The van der Waals surface area contributed by atoms with Crippen LogP contribution in [0.15, 0.2) is 30.3 Å². The summed E-state index contributed by atoms with van der Waals surface area (Å²) in [6.45, 7) is 5.73. The first kappa shape index (κ1) is 18.7. The van der Waals surface area contributed by atoms with Crippen molar-refractivity contribution in [2.24, 2.45) is 5.92 Å². The molecule has 2 rings (SSSR count). The number of hydrogen-bond donors (Lipinski definition) is 0. The fourth-order valence-corrected chi connectivity index (χ4v) is 3.76. The van der Waals surface area contributed by atoms with Crippen LogP contribution in [-0.4, -0.2) is 17.9 Å². The molecule has 1 aromatic rings. The van der Waals surface area contributed by atoms with E-state index >= 15 is 0 Å². The molecule has 1 aliphatic carbocycles. The van der Waals surface area contributed by atoms with E-state index in [0.29, 0.717) is 6.42 Å². The number of hydrogen-bond acceptors (Lipinski definition) is 3. The summed E-state index contributed by atoms with van der Waals surface area (Å²) in [6.07, 6.45) is 7.17. The lowest BCUT2D eigenvalue weighted by atomic mass is 9.68. The third kappa shape index (κ3) is 4.93. The summed E-state index contributed by atoms with van der Waals surface area (Å²) in [4.78, 5) is 23.9. The van der Waals surface area contributed by atoms with Crippen molar-refractivity contribution in [3.63, 3.8) is 0 Å². The van der Waals surface area contributed by atoms with Gasteiger partial charge in [0.05, 0.1) is 5.92 Å². The van der Waals surface area contributed by atoms with E-state index in [1.54, 1.807) is 0 Å². The lowest BCUT2D eigenvalue weighted by Gasteiger charge is -2.36. The summed E-state index contributed by atoms with van der Waals surface area (Å²) in [5.41, 5.74) is 0.643. The standard InChI is InChI=1S/C21H30O3/c1-20(2,3)24-19(23)17-9-7-8-13-21(14-12-17,15-16-22)18-10-5-4-6-11-18/h4-6,10-11,16-17H,7-9,12-15H2,1-3H3. The molecule has 1 aliphatic rings. The molecule has 0 radical (unpaired) electrons. The van der Waals surface area contributed by atoms with Gasteiger partial charge in [0.1, 0.15) is 11.9 Å². The Morgan fingerprint density at radius 2 is 1.88 bits per heavy atom. The SMILES string of the molecule is CC(C)(C)OC(=O)C1CCCCC(CC=O)(c2ccccc2)CC1. The monoisotopic (exact) mass is 330 g/mol. The molecule has 0 aliphatic heterocycles. The fourth-order valence-electron chi connectivity index (χ4n) is 3.76. The molecular formula is C21H30O3. The maximum Gasteiger partial charge on any atom is 0.309 e. The van der Waals surface area contributed by atoms with Crippen LogP contribution in [0.3, 0.4) is 0 Å². The summed E-state index contributed by atoms with van der Waals surface area (Å²) in [6, 6.07) is 10.3. The minimum absolute atomic E-state index is 0.0562. The van der Waals surface area contributed by atoms with E-state index < -0.39 is 5.60 Å². The smallest absolute Gasteiger partial charge is 0.309 e. The largest absolute Gasteiger partial charge is 0.460 e. The molecule has 0 aromatic heterocycles. The van der Waals surface area contributed by atoms with Crippen molar-refractivity contribution in [2.75, 3.05) is 0 Å². The van der Waals surface area contributed by atoms with E-state index in [0.717, 1.165) is 44.8 Å². The number of benzene rings is 1. The Hall–Kier alpha value is -1.64. The first-order valence-corrected chi connectivity index (χ1v) is 9.08. The molecule has 0 saturated heterocycles. The lowest BCUT2D eigenvalue weighted by Crippen LogP contribution is -2.33. The molecule has 132 valence electrons. The van der Waals surface area contributed by atoms with Crippen molar-refractivity contribution in [3.05, 3.63) is 35.9 Å². The number of carbonyl (C=O) groups is 2. The molecule has 24 heavy (non-hydrogen) atoms. The first-order chi connectivity index (χ1) is 11.4. The Morgan fingerprint density at radius 1 is 1.17 bits per heavy atom. The van der Waals surface area contributed by atoms with Crippen molar-refractivity contribution in [2.45, 2.75) is 76.7 Å². The van der Waals surface area contributed by atoms with Crippen molar-refractivity contribution in [1.29, 1.82) is 0 Å². The van der Waals surface area contributed by atoms with Gasteiger partial charge < -0.3 is 9.53 Å². The van der Waals surface area contributed by atoms with Gasteiger partial charge in [-0.2, -0.15) is 0 Å². The maximum atomic E-state index is 12.5. The highest BCUT2D eigenvalue weighted by Crippen LogP contribution is 2.41. The Kier molecular flexibility index (Phi) is 6.20. The highest BCUT2D eigenvalue weighted by molar-refractivity contribution is 5.72. The topological polar surface area (TPSA) is 43.4 Å². The van der Waals surface area contributed by atoms with Gasteiger partial charge in [-0.15, -0.1) is 0 Å². The average Bonchev–Trinajstić information content (AvgIpc) is 2.49. The van der Waals surface area contributed by atoms with Gasteiger partial charge >= 0.3 is 5.97 Å². The number of esters is 1. The van der Waals surface area contributed by atoms with Crippen LogP contribution in [0, 0.1) is 5.92 Å². The molecule has 1 aromatic carbocycles. The van der Waals surface area contributed by atoms with Gasteiger partial charge in [-0.3, -0.25) is 4.79 Å². The molecule has 0 spiro atoms. The third-order valence-corrected chi connectivity index (χ3v) is 5.03. The molecule has 3 nitrogen and oxygen atoms in total. The number of aldehydes is 1. The zero-order chi connectivity index (χ0) is 17.6. The van der Waals surface area contributed by atoms with Crippen molar-refractivity contribution < 1.29 is 14.3 Å². The molecular weight excluding hydrogens is 300 g/mol. The Bertz CT molecular complexity index is 544. The summed E-state index contributed by atoms with van der Waals surface area (Å²) in [5.74, 6) is -0.142. The van der Waals surface area contributed by atoms with E-state index in [1.165, 1.54) is 5.56 Å². The molecule has 0 bridgehead atoms. The molecule has 1 saturated carbocycles. The normalized spacial score (nSPS) is 25.4. The van der Waals surface area contributed by atoms with Gasteiger partial charge in [0, 0.05) is 11.8 Å². The van der Waals surface area contributed by atoms with Gasteiger partial charge in [0.15, 0.2) is 0 Å². The number of rotatable bonds is 4. The minimum atomic E-state index is -0.446. The molecule has 1 fully saturated rings. The summed E-state index contributed by atoms with van der Waals surface area (Å²) >= 11 is 0. The first-order valence-electron chi connectivity index (χ1n) is 9.08. The molecule has 0 amide bonds. The van der Waals surface area contributed by atoms with E-state index in [-0.39, 0.29) is 17.3 Å². The van der Waals surface area contributed by atoms with Crippen LogP contribution in [0.5, 0.6) is 0 Å². The Morgan fingerprint density at radius 3 is 2.50 bits per heavy atom. The highest BCUT2D eigenvalue weighted by atomic mass is 16.6. The zero-order valence-electron chi connectivity index (χ0n) is 15.2. The van der Waals surface area contributed by atoms with E-state index in [4.69, 9.17) is 4.74 Å². The quantitative estimate of drug-likeness (QED) is 0.587. The van der Waals surface area contributed by atoms with Crippen molar-refractivity contribution >= 4 is 12.3 Å². The van der Waals surface area contributed by atoms with Crippen LogP contribution >= 0.6 is 0 Å². The van der Waals surface area contributed by atoms with Crippen LogP contribution in [-0.2, 0) is 19.7 Å². The van der Waals surface area contributed by atoms with E-state index in [1.807, 2.05) is 39.0 Å². The second kappa shape index (κ2) is 7.96. The second-order valence-corrected chi connectivity index (χ2v) is 8.03. The molecule has 2 atom stereocenters. The molecule has 3 heteroatoms. The number of ether oxygens (including phenoxy) is 1. The van der Waals surface area contributed by atoms with Crippen LogP contribution in [0.2, 0.25) is 0 Å². The summed E-state index contributed by atoms with van der Waals surface area (Å²) in [7, 11) is 0. The van der Waals surface area contributed by atoms with Crippen molar-refractivity contribution in [1.82, 2.24) is 0 Å². The van der Waals surface area contributed by atoms with Crippen LogP contribution in [0.1, 0.15) is 71.3 Å². The predicted octanol–water partition coefficient (Wildman–Crippen LogP) is 4.83. The second-order valence-electron chi connectivity index (χ2n) is 8.03. The van der Waals surface area contributed by atoms with Gasteiger partial charge in [-0.05, 0) is 52.0 Å². The van der Waals surface area contributed by atoms with E-state index in [9.17, 15) is 9.59 Å². The molecule has 2 unspecified atom stereocenters. The average molecular weight is 330 g/mol. The minimum Gasteiger partial charge on any atom is -0.460 e. The van der Waals surface area contributed by atoms with Gasteiger partial charge in [0.25, 0.3) is 0 Å².